The van der Waals surface area contributed by atoms with Gasteiger partial charge < -0.3 is 5.11 Å². The molecule has 0 unspecified atom stereocenters. The molecule has 4 heteroatoms. The van der Waals surface area contributed by atoms with Crippen LogP contribution in [0.4, 0.5) is 0 Å². The molecule has 0 atom stereocenters. The minimum atomic E-state index is -0.998. The average molecular weight is 104 g/mol. The van der Waals surface area contributed by atoms with Crippen LogP contribution >= 0.6 is 0 Å². The van der Waals surface area contributed by atoms with Crippen molar-refractivity contribution in [1.82, 2.24) is 0 Å². The van der Waals surface area contributed by atoms with Crippen LogP contribution in [-0.2, 0) is 9.68 Å². The van der Waals surface area contributed by atoms with Crippen molar-refractivity contribution in [1.29, 1.82) is 0 Å². The van der Waals surface area contributed by atoms with Crippen LogP contribution in [0.3, 0.4) is 0 Å². The zero-order chi connectivity index (χ0) is 5.70. The Kier molecular flexibility index (Phi) is 2.70. The molecule has 4 nitrogen and oxygen atoms in total. The van der Waals surface area contributed by atoms with Crippen molar-refractivity contribution < 1.29 is 20.0 Å². The van der Waals surface area contributed by atoms with Gasteiger partial charge in [-0.25, -0.2) is 4.79 Å². The van der Waals surface area contributed by atoms with Gasteiger partial charge in [0.15, 0.2) is 0 Å². The summed E-state index contributed by atoms with van der Waals surface area (Å²) in [6, 6.07) is 0. The SMILES string of the molecule is O=C(C=CO)OO. The first-order valence-electron chi connectivity index (χ1n) is 1.47. The lowest BCUT2D eigenvalue weighted by Crippen LogP contribution is -1.93. The van der Waals surface area contributed by atoms with E-state index in [1.165, 1.54) is 0 Å². The second kappa shape index (κ2) is 3.17. The summed E-state index contributed by atoms with van der Waals surface area (Å²) in [7, 11) is 0. The average Bonchev–Trinajstić information content (AvgIpc) is 1.68. The Morgan fingerprint density at radius 3 is 2.43 bits per heavy atom. The first-order chi connectivity index (χ1) is 3.31. The summed E-state index contributed by atoms with van der Waals surface area (Å²) >= 11 is 0. The summed E-state index contributed by atoms with van der Waals surface area (Å²) in [4.78, 5) is 12.8. The van der Waals surface area contributed by atoms with Crippen molar-refractivity contribution in [3.63, 3.8) is 0 Å². The second-order valence-electron chi connectivity index (χ2n) is 0.726. The highest BCUT2D eigenvalue weighted by Crippen LogP contribution is 1.71. The van der Waals surface area contributed by atoms with E-state index in [9.17, 15) is 4.79 Å². The molecule has 0 saturated heterocycles. The third-order valence-corrected chi connectivity index (χ3v) is 0.301. The first-order valence-corrected chi connectivity index (χ1v) is 1.47. The van der Waals surface area contributed by atoms with Crippen LogP contribution < -0.4 is 0 Å². The van der Waals surface area contributed by atoms with Gasteiger partial charge in [0.05, 0.1) is 12.3 Å². The largest absolute Gasteiger partial charge is 0.515 e. The lowest BCUT2D eigenvalue weighted by Gasteiger charge is -1.80. The van der Waals surface area contributed by atoms with Gasteiger partial charge in [-0.2, -0.15) is 5.26 Å². The fourth-order valence-electron chi connectivity index (χ4n) is 0.0913. The van der Waals surface area contributed by atoms with Crippen LogP contribution in [0.1, 0.15) is 0 Å². The van der Waals surface area contributed by atoms with E-state index >= 15 is 0 Å². The van der Waals surface area contributed by atoms with E-state index < -0.39 is 5.97 Å². The van der Waals surface area contributed by atoms with E-state index in [0.29, 0.717) is 12.3 Å². The fourth-order valence-corrected chi connectivity index (χ4v) is 0.0913. The molecule has 0 aliphatic rings. The lowest BCUT2D eigenvalue weighted by atomic mass is 10.7. The maximum absolute atomic E-state index is 9.69. The van der Waals surface area contributed by atoms with Crippen molar-refractivity contribution in [2.24, 2.45) is 0 Å². The Morgan fingerprint density at radius 1 is 1.71 bits per heavy atom. The Labute approximate surface area is 39.6 Å². The molecule has 0 radical (unpaired) electrons. The van der Waals surface area contributed by atoms with Crippen LogP contribution in [0, 0.1) is 0 Å². The molecular weight excluding hydrogens is 100 g/mol. The predicted octanol–water partition coefficient (Wildman–Crippen LogP) is 0.0743. The van der Waals surface area contributed by atoms with Gasteiger partial charge >= 0.3 is 5.97 Å². The molecule has 0 fully saturated rings. The number of aliphatic hydroxyl groups is 1. The number of hydrogen-bond acceptors (Lipinski definition) is 4. The van der Waals surface area contributed by atoms with Gasteiger partial charge in [-0.05, 0) is 0 Å². The number of aliphatic hydroxyl groups excluding tert-OH is 1. The molecule has 0 aliphatic heterocycles. The summed E-state index contributed by atoms with van der Waals surface area (Å²) in [5.74, 6) is -0.998. The Balaban J connectivity index is 3.37. The highest BCUT2D eigenvalue weighted by atomic mass is 17.1. The summed E-state index contributed by atoms with van der Waals surface area (Å²) in [6.45, 7) is 0. The number of hydrogen-bond donors (Lipinski definition) is 2. The van der Waals surface area contributed by atoms with Gasteiger partial charge in [0.1, 0.15) is 0 Å². The van der Waals surface area contributed by atoms with E-state index in [-0.39, 0.29) is 0 Å². The summed E-state index contributed by atoms with van der Waals surface area (Å²) in [5, 5.41) is 15.2. The van der Waals surface area contributed by atoms with E-state index in [2.05, 4.69) is 4.89 Å². The van der Waals surface area contributed by atoms with Gasteiger partial charge in [0.25, 0.3) is 0 Å². The smallest absolute Gasteiger partial charge is 0.368 e. The third-order valence-electron chi connectivity index (χ3n) is 0.301. The Bertz CT molecular complexity index is 84.9. The summed E-state index contributed by atoms with van der Waals surface area (Å²) < 4.78 is 0. The number of rotatable bonds is 1. The third kappa shape index (κ3) is 2.78. The van der Waals surface area contributed by atoms with E-state index in [4.69, 9.17) is 10.4 Å². The molecule has 0 aliphatic carbocycles. The topological polar surface area (TPSA) is 66.8 Å². The van der Waals surface area contributed by atoms with Crippen LogP contribution in [0.25, 0.3) is 0 Å². The van der Waals surface area contributed by atoms with Gasteiger partial charge in [0.2, 0.25) is 0 Å². The van der Waals surface area contributed by atoms with Crippen molar-refractivity contribution in [2.75, 3.05) is 0 Å². The molecule has 0 aromatic heterocycles. The standard InChI is InChI=1S/C3H4O4/c4-2-1-3(5)7-6/h1-2,4,6H. The van der Waals surface area contributed by atoms with Gasteiger partial charge in [-0.3, -0.25) is 4.89 Å². The molecule has 0 heterocycles. The maximum atomic E-state index is 9.69. The molecule has 0 rings (SSSR count). The minimum Gasteiger partial charge on any atom is -0.515 e. The molecule has 0 aromatic rings. The normalized spacial score (nSPS) is 9.29. The quantitative estimate of drug-likeness (QED) is 0.214. The van der Waals surface area contributed by atoms with Crippen molar-refractivity contribution in [2.45, 2.75) is 0 Å². The van der Waals surface area contributed by atoms with Gasteiger partial charge in [-0.15, -0.1) is 0 Å². The van der Waals surface area contributed by atoms with Gasteiger partial charge in [0, 0.05) is 0 Å². The predicted molar refractivity (Wildman–Crippen MR) is 20.5 cm³/mol. The molecule has 0 saturated carbocycles. The monoisotopic (exact) mass is 104 g/mol. The van der Waals surface area contributed by atoms with Crippen molar-refractivity contribution in [3.05, 3.63) is 12.3 Å². The highest BCUT2D eigenvalue weighted by Gasteiger charge is 1.88. The Morgan fingerprint density at radius 2 is 2.29 bits per heavy atom. The Hall–Kier alpha value is -1.03. The molecule has 0 spiro atoms. The first kappa shape index (κ1) is 5.97. The molecule has 40 valence electrons. The number of carbonyl (C=O) groups is 1. The zero-order valence-electron chi connectivity index (χ0n) is 3.37. The molecule has 0 bridgehead atoms. The molecule has 2 N–H and O–H groups in total. The molecular formula is C3H4O4. The van der Waals surface area contributed by atoms with Gasteiger partial charge in [-0.1, -0.05) is 0 Å². The highest BCUT2D eigenvalue weighted by molar-refractivity contribution is 5.80. The van der Waals surface area contributed by atoms with Crippen LogP contribution in [0.5, 0.6) is 0 Å². The molecule has 0 amide bonds. The van der Waals surface area contributed by atoms with Crippen LogP contribution in [0.15, 0.2) is 12.3 Å². The summed E-state index contributed by atoms with van der Waals surface area (Å²) in [5.41, 5.74) is 0. The van der Waals surface area contributed by atoms with E-state index in [0.717, 1.165) is 0 Å². The lowest BCUT2D eigenvalue weighted by molar-refractivity contribution is -0.228. The maximum Gasteiger partial charge on any atom is 0.368 e. The molecule has 0 aromatic carbocycles. The summed E-state index contributed by atoms with van der Waals surface area (Å²) in [6.07, 6.45) is 1.14. The van der Waals surface area contributed by atoms with E-state index in [1.54, 1.807) is 0 Å². The van der Waals surface area contributed by atoms with Crippen LogP contribution in [0.2, 0.25) is 0 Å². The van der Waals surface area contributed by atoms with Crippen molar-refractivity contribution >= 4 is 5.97 Å². The molecule has 7 heavy (non-hydrogen) atoms. The zero-order valence-corrected chi connectivity index (χ0v) is 3.37. The number of carbonyl (C=O) groups excluding carboxylic acids is 1. The van der Waals surface area contributed by atoms with Crippen LogP contribution in [-0.4, -0.2) is 16.3 Å². The second-order valence-corrected chi connectivity index (χ2v) is 0.726. The minimum absolute atomic E-state index is 0.471. The van der Waals surface area contributed by atoms with E-state index in [1.807, 2.05) is 0 Å². The van der Waals surface area contributed by atoms with Crippen molar-refractivity contribution in [3.8, 4) is 0 Å². The fraction of sp³-hybridized carbons (Fsp3) is 0.